The fraction of sp³-hybridized carbons (Fsp3) is 0. The van der Waals surface area contributed by atoms with Crippen LogP contribution >= 0.6 is 11.5 Å². The minimum atomic E-state index is 0.532. The van der Waals surface area contributed by atoms with Gasteiger partial charge in [-0.25, -0.2) is 0 Å². The number of nitrogens with zero attached hydrogens (tertiary/aromatic N) is 2. The van der Waals surface area contributed by atoms with Crippen molar-refractivity contribution in [3.8, 4) is 10.9 Å². The molecule has 2 aromatic rings. The Kier molecular flexibility index (Phi) is 2.09. The van der Waals surface area contributed by atoms with Crippen molar-refractivity contribution in [3.05, 3.63) is 30.6 Å². The fourth-order valence-corrected chi connectivity index (χ4v) is 1.26. The normalized spacial score (nSPS) is 9.85. The number of hydrogen-bond acceptors (Lipinski definition) is 5. The lowest BCUT2D eigenvalue weighted by atomic mass is 10.3. The van der Waals surface area contributed by atoms with Gasteiger partial charge in [0.15, 0.2) is 0 Å². The van der Waals surface area contributed by atoms with Crippen LogP contribution in [0.4, 0.5) is 5.69 Å². The van der Waals surface area contributed by atoms with E-state index in [2.05, 4.69) is 9.36 Å². The van der Waals surface area contributed by atoms with E-state index >= 15 is 0 Å². The highest BCUT2D eigenvalue weighted by Gasteiger charge is 1.98. The highest BCUT2D eigenvalue weighted by atomic mass is 32.1. The summed E-state index contributed by atoms with van der Waals surface area (Å²) in [6, 6.07) is 7.13. The monoisotopic (exact) mass is 193 g/mol. The van der Waals surface area contributed by atoms with E-state index in [-0.39, 0.29) is 0 Å². The van der Waals surface area contributed by atoms with Crippen LogP contribution in [-0.2, 0) is 0 Å². The lowest BCUT2D eigenvalue weighted by Gasteiger charge is -1.99. The number of hydrogen-bond donors (Lipinski definition) is 1. The predicted octanol–water partition coefficient (Wildman–Crippen LogP) is 1.91. The molecule has 0 spiro atoms. The van der Waals surface area contributed by atoms with Gasteiger partial charge in [-0.05, 0) is 24.3 Å². The molecule has 0 fully saturated rings. The molecule has 1 aromatic carbocycles. The van der Waals surface area contributed by atoms with E-state index < -0.39 is 0 Å². The maximum absolute atomic E-state index is 5.52. The first-order valence-corrected chi connectivity index (χ1v) is 4.42. The van der Waals surface area contributed by atoms with Crippen LogP contribution in [0.1, 0.15) is 0 Å². The number of nitrogen functional groups attached to an aromatic ring is 1. The summed E-state index contributed by atoms with van der Waals surface area (Å²) in [5.41, 5.74) is 6.23. The number of benzene rings is 1. The molecule has 13 heavy (non-hydrogen) atoms. The standard InChI is InChI=1S/C8H7N3OS/c9-6-1-3-7(4-2-6)12-8-10-5-11-13-8/h1-5H,9H2. The summed E-state index contributed by atoms with van der Waals surface area (Å²) >= 11 is 1.21. The number of ether oxygens (including phenoxy) is 1. The quantitative estimate of drug-likeness (QED) is 0.740. The van der Waals surface area contributed by atoms with Gasteiger partial charge in [0.1, 0.15) is 12.1 Å². The second kappa shape index (κ2) is 3.40. The van der Waals surface area contributed by atoms with Gasteiger partial charge in [0.25, 0.3) is 5.19 Å². The topological polar surface area (TPSA) is 61.0 Å². The summed E-state index contributed by atoms with van der Waals surface area (Å²) in [5.74, 6) is 0.714. The molecule has 66 valence electrons. The van der Waals surface area contributed by atoms with Crippen molar-refractivity contribution in [1.29, 1.82) is 0 Å². The molecule has 4 nitrogen and oxygen atoms in total. The molecule has 0 aliphatic heterocycles. The lowest BCUT2D eigenvalue weighted by molar-refractivity contribution is 0.479. The van der Waals surface area contributed by atoms with Crippen molar-refractivity contribution >= 4 is 17.2 Å². The first-order chi connectivity index (χ1) is 6.34. The van der Waals surface area contributed by atoms with Gasteiger partial charge >= 0.3 is 0 Å². The SMILES string of the molecule is Nc1ccc(Oc2ncns2)cc1. The molecular formula is C8H7N3OS. The van der Waals surface area contributed by atoms with Crippen molar-refractivity contribution in [2.75, 3.05) is 5.73 Å². The molecule has 0 aliphatic rings. The maximum atomic E-state index is 5.52. The van der Waals surface area contributed by atoms with E-state index in [0.717, 1.165) is 0 Å². The minimum Gasteiger partial charge on any atom is -0.430 e. The molecule has 2 N–H and O–H groups in total. The number of aromatic nitrogens is 2. The summed E-state index contributed by atoms with van der Waals surface area (Å²) in [6.45, 7) is 0. The molecule has 1 heterocycles. The van der Waals surface area contributed by atoms with Gasteiger partial charge in [-0.2, -0.15) is 9.36 Å². The van der Waals surface area contributed by atoms with Gasteiger partial charge in [0.2, 0.25) is 0 Å². The highest BCUT2D eigenvalue weighted by molar-refractivity contribution is 7.07. The van der Waals surface area contributed by atoms with Crippen LogP contribution in [0.2, 0.25) is 0 Å². The minimum absolute atomic E-state index is 0.532. The van der Waals surface area contributed by atoms with E-state index in [9.17, 15) is 0 Å². The van der Waals surface area contributed by atoms with Crippen LogP contribution in [-0.4, -0.2) is 9.36 Å². The van der Waals surface area contributed by atoms with Crippen molar-refractivity contribution in [2.24, 2.45) is 0 Å². The Morgan fingerprint density at radius 1 is 1.23 bits per heavy atom. The van der Waals surface area contributed by atoms with Gasteiger partial charge in [0, 0.05) is 17.2 Å². The molecule has 0 aliphatic carbocycles. The predicted molar refractivity (Wildman–Crippen MR) is 50.8 cm³/mol. The molecule has 2 rings (SSSR count). The van der Waals surface area contributed by atoms with Crippen molar-refractivity contribution in [1.82, 2.24) is 9.36 Å². The molecular weight excluding hydrogens is 186 g/mol. The van der Waals surface area contributed by atoms with Crippen LogP contribution in [0.25, 0.3) is 0 Å². The third-order valence-electron chi connectivity index (χ3n) is 1.43. The van der Waals surface area contributed by atoms with E-state index in [0.29, 0.717) is 16.6 Å². The number of nitrogens with two attached hydrogens (primary N) is 1. The molecule has 0 unspecified atom stereocenters. The summed E-state index contributed by atoms with van der Waals surface area (Å²) < 4.78 is 9.18. The van der Waals surface area contributed by atoms with Crippen molar-refractivity contribution < 1.29 is 4.74 Å². The van der Waals surface area contributed by atoms with Crippen LogP contribution in [0.3, 0.4) is 0 Å². The molecule has 1 aromatic heterocycles. The maximum Gasteiger partial charge on any atom is 0.298 e. The molecule has 0 radical (unpaired) electrons. The molecule has 0 atom stereocenters. The smallest absolute Gasteiger partial charge is 0.298 e. The van der Waals surface area contributed by atoms with Gasteiger partial charge < -0.3 is 10.5 Å². The Bertz CT molecular complexity index is 371. The average molecular weight is 193 g/mol. The average Bonchev–Trinajstić information content (AvgIpc) is 2.62. The third-order valence-corrected chi connectivity index (χ3v) is 1.97. The van der Waals surface area contributed by atoms with Crippen LogP contribution in [0.5, 0.6) is 10.9 Å². The summed E-state index contributed by atoms with van der Waals surface area (Å²) in [4.78, 5) is 3.89. The number of rotatable bonds is 2. The second-order valence-corrected chi connectivity index (χ2v) is 3.12. The lowest BCUT2D eigenvalue weighted by Crippen LogP contribution is -1.85. The molecule has 0 bridgehead atoms. The van der Waals surface area contributed by atoms with Gasteiger partial charge in [0.05, 0.1) is 0 Å². The van der Waals surface area contributed by atoms with Crippen LogP contribution in [0.15, 0.2) is 30.6 Å². The second-order valence-electron chi connectivity index (χ2n) is 2.38. The Morgan fingerprint density at radius 3 is 2.62 bits per heavy atom. The summed E-state index contributed by atoms with van der Waals surface area (Å²) in [7, 11) is 0. The van der Waals surface area contributed by atoms with E-state index in [1.165, 1.54) is 17.9 Å². The third kappa shape index (κ3) is 1.94. The zero-order chi connectivity index (χ0) is 9.10. The Labute approximate surface area is 79.2 Å². The molecule has 0 saturated heterocycles. The molecule has 0 amide bonds. The van der Waals surface area contributed by atoms with Crippen LogP contribution in [0, 0.1) is 0 Å². The first kappa shape index (κ1) is 8.00. The first-order valence-electron chi connectivity index (χ1n) is 3.64. The molecule has 5 heteroatoms. The largest absolute Gasteiger partial charge is 0.430 e. The zero-order valence-electron chi connectivity index (χ0n) is 6.68. The van der Waals surface area contributed by atoms with Gasteiger partial charge in [-0.15, -0.1) is 0 Å². The zero-order valence-corrected chi connectivity index (χ0v) is 7.49. The Hall–Kier alpha value is -1.62. The fourth-order valence-electron chi connectivity index (χ4n) is 0.845. The highest BCUT2D eigenvalue weighted by Crippen LogP contribution is 2.22. The van der Waals surface area contributed by atoms with E-state index in [1.807, 2.05) is 0 Å². The van der Waals surface area contributed by atoms with E-state index in [4.69, 9.17) is 10.5 Å². The van der Waals surface area contributed by atoms with Crippen LogP contribution < -0.4 is 10.5 Å². The van der Waals surface area contributed by atoms with Crippen molar-refractivity contribution in [2.45, 2.75) is 0 Å². The Morgan fingerprint density at radius 2 is 2.00 bits per heavy atom. The molecule has 0 saturated carbocycles. The summed E-state index contributed by atoms with van der Waals surface area (Å²) in [6.07, 6.45) is 1.46. The van der Waals surface area contributed by atoms with Gasteiger partial charge in [-0.1, -0.05) is 0 Å². The van der Waals surface area contributed by atoms with E-state index in [1.54, 1.807) is 24.3 Å². The Balaban J connectivity index is 2.15. The number of anilines is 1. The van der Waals surface area contributed by atoms with Crippen molar-refractivity contribution in [3.63, 3.8) is 0 Å². The summed E-state index contributed by atoms with van der Waals surface area (Å²) in [5, 5.41) is 0.532. The van der Waals surface area contributed by atoms with Gasteiger partial charge in [-0.3, -0.25) is 0 Å².